The highest BCUT2D eigenvalue weighted by molar-refractivity contribution is 8.15. The zero-order chi connectivity index (χ0) is 22.4. The van der Waals surface area contributed by atoms with Crippen LogP contribution < -0.4 is 20.2 Å². The van der Waals surface area contributed by atoms with Gasteiger partial charge in [0.05, 0.1) is 25.3 Å². The van der Waals surface area contributed by atoms with Crippen molar-refractivity contribution >= 4 is 41.0 Å². The van der Waals surface area contributed by atoms with Crippen molar-refractivity contribution in [1.29, 1.82) is 0 Å². The zero-order valence-electron chi connectivity index (χ0n) is 16.2. The maximum atomic E-state index is 12.1. The number of ether oxygens (including phenoxy) is 2. The number of phenols is 1. The van der Waals surface area contributed by atoms with Crippen LogP contribution in [0, 0.1) is 0 Å². The Hall–Kier alpha value is -3.86. The molecule has 1 unspecified atom stereocenters. The van der Waals surface area contributed by atoms with Crippen LogP contribution in [0.3, 0.4) is 0 Å². The average Bonchev–Trinajstić information content (AvgIpc) is 3.05. The van der Waals surface area contributed by atoms with Crippen LogP contribution >= 0.6 is 11.8 Å². The number of benzene rings is 2. The van der Waals surface area contributed by atoms with Crippen LogP contribution in [0.2, 0.25) is 0 Å². The normalized spacial score (nSPS) is 15.6. The Morgan fingerprint density at radius 3 is 2.68 bits per heavy atom. The second kappa shape index (κ2) is 9.76. The smallest absolute Gasteiger partial charge is 0.312 e. The number of aromatic hydroxyl groups is 1. The van der Waals surface area contributed by atoms with Crippen LogP contribution in [-0.2, 0) is 9.59 Å². The molecule has 3 N–H and O–H groups in total. The summed E-state index contributed by atoms with van der Waals surface area (Å²) in [7, 11) is 1.38. The number of carbonyl (C=O) groups excluding carboxylic acids is 4. The number of esters is 1. The zero-order valence-corrected chi connectivity index (χ0v) is 17.0. The molecule has 2 aromatic carbocycles. The largest absolute Gasteiger partial charge is 0.507 e. The number of para-hydroxylation sites is 1. The molecule has 1 saturated heterocycles. The molecule has 3 amide bonds. The molecule has 0 aliphatic carbocycles. The van der Waals surface area contributed by atoms with E-state index in [1.54, 1.807) is 18.2 Å². The third kappa shape index (κ3) is 5.60. The fraction of sp³-hybridized carbons (Fsp3) is 0.150. The number of phenolic OH excluding ortho intramolecular Hbond substituents is 1. The molecule has 1 aliphatic heterocycles. The number of imide groups is 1. The van der Waals surface area contributed by atoms with Gasteiger partial charge in [-0.25, -0.2) is 5.43 Å². The van der Waals surface area contributed by atoms with E-state index in [9.17, 15) is 24.3 Å². The number of rotatable bonds is 7. The SMILES string of the molecule is COc1cc(/C=N/NC(=O)c2ccccc2O)ccc1OC(=O)CC1SC(=O)NC1=O. The standard InChI is InChI=1S/C20H17N3O7S/c1-29-15-8-11(10-21-23-18(26)12-4-2-3-5-13(12)24)6-7-14(15)30-17(25)9-16-19(27)22-20(28)31-16/h2-8,10,16,24H,9H2,1H3,(H,23,26)(H,22,27,28)/b21-10+. The van der Waals surface area contributed by atoms with Crippen LogP contribution in [0.5, 0.6) is 17.2 Å². The minimum atomic E-state index is -0.829. The first kappa shape index (κ1) is 21.8. The van der Waals surface area contributed by atoms with Crippen LogP contribution in [0.25, 0.3) is 0 Å². The van der Waals surface area contributed by atoms with Crippen LogP contribution in [-0.4, -0.2) is 46.7 Å². The van der Waals surface area contributed by atoms with E-state index in [-0.39, 0.29) is 29.2 Å². The number of hydrazone groups is 1. The fourth-order valence-electron chi connectivity index (χ4n) is 2.58. The highest BCUT2D eigenvalue weighted by Gasteiger charge is 2.34. The second-order valence-corrected chi connectivity index (χ2v) is 7.36. The third-order valence-corrected chi connectivity index (χ3v) is 5.04. The fourth-order valence-corrected chi connectivity index (χ4v) is 3.39. The minimum Gasteiger partial charge on any atom is -0.507 e. The second-order valence-electron chi connectivity index (χ2n) is 6.19. The Bertz CT molecular complexity index is 1070. The molecule has 1 atom stereocenters. The molecule has 3 rings (SSSR count). The van der Waals surface area contributed by atoms with Crippen molar-refractivity contribution in [2.45, 2.75) is 11.7 Å². The van der Waals surface area contributed by atoms with E-state index in [0.717, 1.165) is 11.8 Å². The first-order chi connectivity index (χ1) is 14.9. The van der Waals surface area contributed by atoms with E-state index in [4.69, 9.17) is 9.47 Å². The lowest BCUT2D eigenvalue weighted by atomic mass is 10.2. The van der Waals surface area contributed by atoms with Crippen molar-refractivity contribution in [1.82, 2.24) is 10.7 Å². The van der Waals surface area contributed by atoms with Gasteiger partial charge >= 0.3 is 5.97 Å². The predicted octanol–water partition coefficient (Wildman–Crippen LogP) is 1.81. The molecule has 1 heterocycles. The number of hydrogen-bond donors (Lipinski definition) is 3. The molecule has 2 aromatic rings. The average molecular weight is 443 g/mol. The van der Waals surface area contributed by atoms with E-state index >= 15 is 0 Å². The van der Waals surface area contributed by atoms with Gasteiger partial charge in [-0.3, -0.25) is 24.5 Å². The molecule has 10 nitrogen and oxygen atoms in total. The summed E-state index contributed by atoms with van der Waals surface area (Å²) in [5.41, 5.74) is 2.91. The molecule has 0 bridgehead atoms. The number of hydrogen-bond acceptors (Lipinski definition) is 9. The summed E-state index contributed by atoms with van der Waals surface area (Å²) < 4.78 is 10.4. The summed E-state index contributed by atoms with van der Waals surface area (Å²) in [5.74, 6) is -1.63. The van der Waals surface area contributed by atoms with Crippen LogP contribution in [0.1, 0.15) is 22.3 Å². The lowest BCUT2D eigenvalue weighted by molar-refractivity contribution is -0.136. The van der Waals surface area contributed by atoms with E-state index in [1.807, 2.05) is 0 Å². The highest BCUT2D eigenvalue weighted by Crippen LogP contribution is 2.29. The summed E-state index contributed by atoms with van der Waals surface area (Å²) in [4.78, 5) is 46.9. The van der Waals surface area contributed by atoms with E-state index in [1.165, 1.54) is 37.6 Å². The van der Waals surface area contributed by atoms with Crippen LogP contribution in [0.15, 0.2) is 47.6 Å². The lowest BCUT2D eigenvalue weighted by Crippen LogP contribution is -2.27. The molecule has 0 spiro atoms. The summed E-state index contributed by atoms with van der Waals surface area (Å²) in [5, 5.41) is 14.3. The Balaban J connectivity index is 1.61. The van der Waals surface area contributed by atoms with Gasteiger partial charge in [-0.1, -0.05) is 23.9 Å². The Labute approximate surface area is 180 Å². The first-order valence-corrected chi connectivity index (χ1v) is 9.77. The van der Waals surface area contributed by atoms with Crippen molar-refractivity contribution in [3.63, 3.8) is 0 Å². The lowest BCUT2D eigenvalue weighted by Gasteiger charge is -2.10. The van der Waals surface area contributed by atoms with Gasteiger partial charge in [-0.05, 0) is 35.9 Å². The van der Waals surface area contributed by atoms with Crippen molar-refractivity contribution in [2.75, 3.05) is 7.11 Å². The van der Waals surface area contributed by atoms with Gasteiger partial charge in [0.1, 0.15) is 11.0 Å². The minimum absolute atomic E-state index is 0.0790. The van der Waals surface area contributed by atoms with Crippen molar-refractivity contribution in [3.8, 4) is 17.2 Å². The molecular formula is C20H17N3O7S. The topological polar surface area (TPSA) is 143 Å². The van der Waals surface area contributed by atoms with Gasteiger partial charge in [-0.2, -0.15) is 5.10 Å². The Morgan fingerprint density at radius 1 is 1.23 bits per heavy atom. The summed E-state index contributed by atoms with van der Waals surface area (Å²) in [6.45, 7) is 0. The van der Waals surface area contributed by atoms with Crippen molar-refractivity contribution in [3.05, 3.63) is 53.6 Å². The summed E-state index contributed by atoms with van der Waals surface area (Å²) >= 11 is 0.736. The van der Waals surface area contributed by atoms with Crippen molar-refractivity contribution < 1.29 is 33.8 Å². The van der Waals surface area contributed by atoms with Gasteiger partial charge in [0.25, 0.3) is 11.1 Å². The van der Waals surface area contributed by atoms with E-state index < -0.39 is 28.3 Å². The molecule has 0 saturated carbocycles. The Kier molecular flexibility index (Phi) is 6.88. The third-order valence-electron chi connectivity index (χ3n) is 4.06. The molecular weight excluding hydrogens is 426 g/mol. The highest BCUT2D eigenvalue weighted by atomic mass is 32.2. The Morgan fingerprint density at radius 2 is 2.00 bits per heavy atom. The van der Waals surface area contributed by atoms with Gasteiger partial charge in [-0.15, -0.1) is 0 Å². The number of methoxy groups -OCH3 is 1. The maximum Gasteiger partial charge on any atom is 0.312 e. The van der Waals surface area contributed by atoms with E-state index in [0.29, 0.717) is 5.56 Å². The predicted molar refractivity (Wildman–Crippen MR) is 111 cm³/mol. The molecule has 0 radical (unpaired) electrons. The first-order valence-electron chi connectivity index (χ1n) is 8.89. The molecule has 1 aliphatic rings. The molecule has 160 valence electrons. The van der Waals surface area contributed by atoms with Gasteiger partial charge < -0.3 is 14.6 Å². The van der Waals surface area contributed by atoms with Crippen molar-refractivity contribution in [2.24, 2.45) is 5.10 Å². The van der Waals surface area contributed by atoms with Gasteiger partial charge in [0.15, 0.2) is 11.5 Å². The van der Waals surface area contributed by atoms with Gasteiger partial charge in [0.2, 0.25) is 5.91 Å². The molecule has 11 heteroatoms. The van der Waals surface area contributed by atoms with E-state index in [2.05, 4.69) is 15.8 Å². The monoisotopic (exact) mass is 443 g/mol. The molecule has 0 aromatic heterocycles. The summed E-state index contributed by atoms with van der Waals surface area (Å²) in [6.07, 6.45) is 1.07. The quantitative estimate of drug-likeness (QED) is 0.254. The summed E-state index contributed by atoms with van der Waals surface area (Å²) in [6, 6.07) is 10.6. The molecule has 1 fully saturated rings. The van der Waals surface area contributed by atoms with Crippen LogP contribution in [0.4, 0.5) is 4.79 Å². The van der Waals surface area contributed by atoms with Gasteiger partial charge in [0, 0.05) is 0 Å². The number of amides is 3. The number of carbonyl (C=O) groups is 4. The molecule has 31 heavy (non-hydrogen) atoms. The number of thioether (sulfide) groups is 1. The number of nitrogens with one attached hydrogen (secondary N) is 2. The number of nitrogens with zero attached hydrogens (tertiary/aromatic N) is 1. The maximum absolute atomic E-state index is 12.1.